The molecule has 0 bridgehead atoms. The Morgan fingerprint density at radius 1 is 1.19 bits per heavy atom. The van der Waals surface area contributed by atoms with Crippen LogP contribution in [0.2, 0.25) is 0 Å². The monoisotopic (exact) mass is 372 g/mol. The number of ether oxygens (including phenoxy) is 1. The zero-order valence-electron chi connectivity index (χ0n) is 13.9. The van der Waals surface area contributed by atoms with Crippen LogP contribution in [0.15, 0.2) is 47.5 Å². The molecule has 0 amide bonds. The zero-order chi connectivity index (χ0) is 17.9. The molecular formula is C19H17FN2O3S. The lowest BCUT2D eigenvalue weighted by molar-refractivity contribution is 0.176. The molecule has 0 radical (unpaired) electrons. The van der Waals surface area contributed by atoms with E-state index in [1.807, 2.05) is 18.3 Å². The van der Waals surface area contributed by atoms with Gasteiger partial charge in [-0.05, 0) is 47.9 Å². The van der Waals surface area contributed by atoms with E-state index >= 15 is 0 Å². The van der Waals surface area contributed by atoms with Gasteiger partial charge in [0, 0.05) is 35.8 Å². The van der Waals surface area contributed by atoms with Crippen LogP contribution in [-0.2, 0) is 21.3 Å². The molecule has 26 heavy (non-hydrogen) atoms. The normalized spacial score (nSPS) is 22.1. The lowest BCUT2D eigenvalue weighted by atomic mass is 10.0. The maximum atomic E-state index is 13.4. The molecule has 1 N–H and O–H groups in total. The molecule has 1 fully saturated rings. The number of fused-ring (bicyclic) bond motifs is 2. The van der Waals surface area contributed by atoms with Crippen molar-refractivity contribution in [1.29, 1.82) is 0 Å². The number of benzene rings is 2. The molecule has 2 aliphatic rings. The fourth-order valence-electron chi connectivity index (χ4n) is 3.91. The number of rotatable bonds is 2. The Labute approximate surface area is 150 Å². The molecule has 7 heteroatoms. The number of hydrogen-bond donors (Lipinski definition) is 1. The Hall–Kier alpha value is -2.22. The van der Waals surface area contributed by atoms with Gasteiger partial charge in [0.05, 0.1) is 17.5 Å². The SMILES string of the molecule is O=S1(=O)c2ccc(-c3c[nH]c4cc(F)ccc34)cc2CN1[C@@H]1CCOC1. The molecule has 5 rings (SSSR count). The van der Waals surface area contributed by atoms with Crippen LogP contribution >= 0.6 is 0 Å². The molecule has 1 aromatic heterocycles. The second-order valence-electron chi connectivity index (χ2n) is 6.78. The van der Waals surface area contributed by atoms with Crippen molar-refractivity contribution in [3.63, 3.8) is 0 Å². The van der Waals surface area contributed by atoms with Crippen LogP contribution in [0.5, 0.6) is 0 Å². The Morgan fingerprint density at radius 3 is 2.88 bits per heavy atom. The summed E-state index contributed by atoms with van der Waals surface area (Å²) in [5, 5.41) is 0.910. The Balaban J connectivity index is 1.58. The molecule has 0 saturated carbocycles. The van der Waals surface area contributed by atoms with Crippen LogP contribution in [0.25, 0.3) is 22.0 Å². The lowest BCUT2D eigenvalue weighted by Gasteiger charge is -2.20. The molecule has 1 atom stereocenters. The Morgan fingerprint density at radius 2 is 2.08 bits per heavy atom. The van der Waals surface area contributed by atoms with Crippen molar-refractivity contribution in [3.8, 4) is 11.1 Å². The van der Waals surface area contributed by atoms with Crippen LogP contribution in [0.4, 0.5) is 4.39 Å². The zero-order valence-corrected chi connectivity index (χ0v) is 14.7. The van der Waals surface area contributed by atoms with Gasteiger partial charge in [-0.2, -0.15) is 4.31 Å². The van der Waals surface area contributed by atoms with Crippen LogP contribution < -0.4 is 0 Å². The minimum atomic E-state index is -3.47. The summed E-state index contributed by atoms with van der Waals surface area (Å²) < 4.78 is 46.0. The van der Waals surface area contributed by atoms with E-state index in [2.05, 4.69) is 4.98 Å². The minimum Gasteiger partial charge on any atom is -0.380 e. The van der Waals surface area contributed by atoms with E-state index in [4.69, 9.17) is 4.74 Å². The molecule has 5 nitrogen and oxygen atoms in total. The number of sulfonamides is 1. The summed E-state index contributed by atoms with van der Waals surface area (Å²) in [6, 6.07) is 9.96. The summed E-state index contributed by atoms with van der Waals surface area (Å²) in [4.78, 5) is 3.45. The van der Waals surface area contributed by atoms with Gasteiger partial charge in [0.1, 0.15) is 5.82 Å². The predicted octanol–water partition coefficient (Wildman–Crippen LogP) is 3.27. The van der Waals surface area contributed by atoms with E-state index in [-0.39, 0.29) is 11.9 Å². The molecule has 0 unspecified atom stereocenters. The highest BCUT2D eigenvalue weighted by molar-refractivity contribution is 7.89. The first-order valence-electron chi connectivity index (χ1n) is 8.53. The van der Waals surface area contributed by atoms with Gasteiger partial charge >= 0.3 is 0 Å². The average Bonchev–Trinajstić information content (AvgIpc) is 3.32. The third-order valence-corrected chi connectivity index (χ3v) is 7.24. The van der Waals surface area contributed by atoms with E-state index in [1.54, 1.807) is 16.4 Å². The van der Waals surface area contributed by atoms with Crippen LogP contribution in [0.3, 0.4) is 0 Å². The second kappa shape index (κ2) is 5.64. The molecule has 2 aromatic carbocycles. The third kappa shape index (κ3) is 2.31. The summed E-state index contributed by atoms with van der Waals surface area (Å²) in [7, 11) is -3.47. The summed E-state index contributed by atoms with van der Waals surface area (Å²) >= 11 is 0. The quantitative estimate of drug-likeness (QED) is 0.751. The number of halogens is 1. The molecule has 2 aliphatic heterocycles. The van der Waals surface area contributed by atoms with Crippen molar-refractivity contribution in [1.82, 2.24) is 9.29 Å². The number of nitrogens with zero attached hydrogens (tertiary/aromatic N) is 1. The van der Waals surface area contributed by atoms with Gasteiger partial charge in [-0.3, -0.25) is 0 Å². The smallest absolute Gasteiger partial charge is 0.244 e. The summed E-state index contributed by atoms with van der Waals surface area (Å²) in [5.74, 6) is -0.291. The molecule has 134 valence electrons. The highest BCUT2D eigenvalue weighted by Gasteiger charge is 2.40. The van der Waals surface area contributed by atoms with Crippen LogP contribution in [-0.4, -0.2) is 37.0 Å². The molecule has 3 aromatic rings. The van der Waals surface area contributed by atoms with Crippen LogP contribution in [0.1, 0.15) is 12.0 Å². The van der Waals surface area contributed by atoms with Gasteiger partial charge < -0.3 is 9.72 Å². The van der Waals surface area contributed by atoms with E-state index in [0.29, 0.717) is 24.7 Å². The van der Waals surface area contributed by atoms with Gasteiger partial charge in [0.15, 0.2) is 0 Å². The Kier molecular flexibility index (Phi) is 3.47. The maximum Gasteiger partial charge on any atom is 0.244 e. The number of hydrogen-bond acceptors (Lipinski definition) is 3. The highest BCUT2D eigenvalue weighted by atomic mass is 32.2. The molecule has 1 saturated heterocycles. The largest absolute Gasteiger partial charge is 0.380 e. The molecule has 0 aliphatic carbocycles. The van der Waals surface area contributed by atoms with Crippen molar-refractivity contribution in [3.05, 3.63) is 54.0 Å². The lowest BCUT2D eigenvalue weighted by Crippen LogP contribution is -2.35. The number of aromatic amines is 1. The van der Waals surface area contributed by atoms with Gasteiger partial charge in [-0.15, -0.1) is 0 Å². The van der Waals surface area contributed by atoms with E-state index in [0.717, 1.165) is 34.0 Å². The van der Waals surface area contributed by atoms with Crippen molar-refractivity contribution in [2.75, 3.05) is 13.2 Å². The number of nitrogens with one attached hydrogen (secondary N) is 1. The van der Waals surface area contributed by atoms with Gasteiger partial charge in [0.25, 0.3) is 0 Å². The summed E-state index contributed by atoms with van der Waals surface area (Å²) in [6.45, 7) is 1.43. The van der Waals surface area contributed by atoms with Gasteiger partial charge in [0.2, 0.25) is 10.0 Å². The number of H-pyrrole nitrogens is 1. The predicted molar refractivity (Wildman–Crippen MR) is 95.6 cm³/mol. The summed E-state index contributed by atoms with van der Waals surface area (Å²) in [6.07, 6.45) is 2.56. The molecular weight excluding hydrogens is 355 g/mol. The number of aromatic nitrogens is 1. The topological polar surface area (TPSA) is 62.4 Å². The average molecular weight is 372 g/mol. The maximum absolute atomic E-state index is 13.4. The van der Waals surface area contributed by atoms with Crippen molar-refractivity contribution in [2.24, 2.45) is 0 Å². The first-order valence-corrected chi connectivity index (χ1v) is 9.97. The van der Waals surface area contributed by atoms with Crippen LogP contribution in [0, 0.1) is 5.82 Å². The third-order valence-electron chi connectivity index (χ3n) is 5.24. The van der Waals surface area contributed by atoms with E-state index in [1.165, 1.54) is 12.1 Å². The minimum absolute atomic E-state index is 0.0908. The van der Waals surface area contributed by atoms with Crippen molar-refractivity contribution >= 4 is 20.9 Å². The van der Waals surface area contributed by atoms with Gasteiger partial charge in [-0.25, -0.2) is 12.8 Å². The fraction of sp³-hybridized carbons (Fsp3) is 0.263. The standard InChI is InChI=1S/C19H17FN2O3S/c20-14-2-3-16-17(9-21-18(16)8-14)12-1-4-19-13(7-12)10-22(26(19,23)24)15-5-6-25-11-15/h1-4,7-9,15,21H,5-6,10-11H2/t15-/m1/s1. The van der Waals surface area contributed by atoms with E-state index in [9.17, 15) is 12.8 Å². The second-order valence-corrected chi connectivity index (χ2v) is 8.64. The molecule has 0 spiro atoms. The first kappa shape index (κ1) is 16.0. The fourth-order valence-corrected chi connectivity index (χ4v) is 5.73. The van der Waals surface area contributed by atoms with E-state index < -0.39 is 10.0 Å². The first-order chi connectivity index (χ1) is 12.5. The highest BCUT2D eigenvalue weighted by Crippen LogP contribution is 2.37. The van der Waals surface area contributed by atoms with Crippen molar-refractivity contribution in [2.45, 2.75) is 23.9 Å². The molecule has 3 heterocycles. The summed E-state index contributed by atoms with van der Waals surface area (Å²) in [5.41, 5.74) is 3.37. The Bertz CT molecular complexity index is 1120. The van der Waals surface area contributed by atoms with Gasteiger partial charge in [-0.1, -0.05) is 6.07 Å². The van der Waals surface area contributed by atoms with Crippen molar-refractivity contribution < 1.29 is 17.5 Å².